The Labute approximate surface area is 196 Å². The van der Waals surface area contributed by atoms with Gasteiger partial charge >= 0.3 is 0 Å². The molecule has 0 unspecified atom stereocenters. The zero-order valence-electron chi connectivity index (χ0n) is 16.9. The van der Waals surface area contributed by atoms with Gasteiger partial charge in [0.1, 0.15) is 0 Å². The van der Waals surface area contributed by atoms with Gasteiger partial charge in [-0.1, -0.05) is 46.9 Å². The van der Waals surface area contributed by atoms with Crippen LogP contribution in [0.2, 0.25) is 15.1 Å². The first kappa shape index (κ1) is 22.2. The third-order valence-corrected chi connectivity index (χ3v) is 6.43. The minimum absolute atomic E-state index is 0.0224. The molecule has 1 aliphatic rings. The number of aliphatic hydroxyl groups excluding tert-OH is 1. The van der Waals surface area contributed by atoms with Crippen molar-refractivity contribution in [3.8, 4) is 22.5 Å². The predicted octanol–water partition coefficient (Wildman–Crippen LogP) is 5.75. The largest absolute Gasteiger partial charge is 0.393 e. The lowest BCUT2D eigenvalue weighted by Gasteiger charge is -2.26. The van der Waals surface area contributed by atoms with Gasteiger partial charge in [0, 0.05) is 34.3 Å². The fraction of sp³-hybridized carbons (Fsp3) is 0.304. The maximum Gasteiger partial charge on any atom is 0.287 e. The summed E-state index contributed by atoms with van der Waals surface area (Å²) in [6.07, 6.45) is 2.59. The molecular formula is C23H22Cl3N3O2. The number of hydrogen-bond donors (Lipinski definition) is 2. The van der Waals surface area contributed by atoms with E-state index in [4.69, 9.17) is 39.8 Å². The van der Waals surface area contributed by atoms with Crippen molar-refractivity contribution in [3.05, 3.63) is 63.4 Å². The van der Waals surface area contributed by atoms with E-state index in [1.165, 1.54) is 0 Å². The fourth-order valence-electron chi connectivity index (χ4n) is 3.98. The molecule has 4 rings (SSSR count). The predicted molar refractivity (Wildman–Crippen MR) is 125 cm³/mol. The van der Waals surface area contributed by atoms with Gasteiger partial charge in [-0.15, -0.1) is 0 Å². The van der Waals surface area contributed by atoms with Gasteiger partial charge in [-0.2, -0.15) is 0 Å². The van der Waals surface area contributed by atoms with Crippen LogP contribution < -0.4 is 5.32 Å². The Morgan fingerprint density at radius 1 is 1.03 bits per heavy atom. The molecule has 1 heterocycles. The lowest BCUT2D eigenvalue weighted by molar-refractivity contribution is 0.0856. The molecule has 8 heteroatoms. The van der Waals surface area contributed by atoms with Crippen LogP contribution in [0.15, 0.2) is 42.5 Å². The number of amides is 1. The minimum Gasteiger partial charge on any atom is -0.393 e. The number of carbonyl (C=O) groups is 1. The monoisotopic (exact) mass is 477 g/mol. The number of halogens is 3. The summed E-state index contributed by atoms with van der Waals surface area (Å²) in [5, 5.41) is 14.4. The molecule has 5 nitrogen and oxygen atoms in total. The topological polar surface area (TPSA) is 67.2 Å². The van der Waals surface area contributed by atoms with Crippen molar-refractivity contribution in [2.75, 3.05) is 0 Å². The average molecular weight is 479 g/mol. The normalized spacial score (nSPS) is 18.7. The molecule has 1 aliphatic carbocycles. The molecule has 1 saturated carbocycles. The fourth-order valence-corrected chi connectivity index (χ4v) is 4.60. The standard InChI is InChI=1S/C23H22Cl3N3O2/c1-29-21(13-2-4-14(24)5-3-13)20(18-11-6-15(25)12-19(18)26)28-22(29)23(31)27-16-7-9-17(30)10-8-16/h2-6,11-12,16-17,30H,7-10H2,1H3,(H,27,31)/t16-,17-. The minimum atomic E-state index is -0.281. The van der Waals surface area contributed by atoms with Crippen LogP contribution in [0.3, 0.4) is 0 Å². The maximum absolute atomic E-state index is 13.1. The number of benzene rings is 2. The van der Waals surface area contributed by atoms with Crippen LogP contribution in [0.5, 0.6) is 0 Å². The molecule has 0 spiro atoms. The van der Waals surface area contributed by atoms with E-state index in [0.717, 1.165) is 24.1 Å². The summed E-state index contributed by atoms with van der Waals surface area (Å²) in [7, 11) is 1.81. The summed E-state index contributed by atoms with van der Waals surface area (Å²) in [5.74, 6) is 0.0347. The average Bonchev–Trinajstić information content (AvgIpc) is 3.07. The third-order valence-electron chi connectivity index (χ3n) is 5.63. The van der Waals surface area contributed by atoms with Crippen LogP contribution in [0.25, 0.3) is 22.5 Å². The van der Waals surface area contributed by atoms with Gasteiger partial charge in [-0.25, -0.2) is 4.98 Å². The van der Waals surface area contributed by atoms with E-state index in [-0.39, 0.29) is 23.9 Å². The second-order valence-corrected chi connectivity index (χ2v) is 9.08. The highest BCUT2D eigenvalue weighted by Crippen LogP contribution is 2.37. The zero-order chi connectivity index (χ0) is 22.1. The summed E-state index contributed by atoms with van der Waals surface area (Å²) >= 11 is 18.6. The number of nitrogens with one attached hydrogen (secondary N) is 1. The molecule has 1 amide bonds. The van der Waals surface area contributed by atoms with Gasteiger partial charge in [0.15, 0.2) is 5.82 Å². The Balaban J connectivity index is 1.76. The molecule has 31 heavy (non-hydrogen) atoms. The van der Waals surface area contributed by atoms with Crippen LogP contribution in [-0.4, -0.2) is 32.7 Å². The highest BCUT2D eigenvalue weighted by atomic mass is 35.5. The molecule has 0 aliphatic heterocycles. The van der Waals surface area contributed by atoms with Crippen LogP contribution in [-0.2, 0) is 7.05 Å². The van der Waals surface area contributed by atoms with Crippen molar-refractivity contribution in [2.24, 2.45) is 7.05 Å². The van der Waals surface area contributed by atoms with E-state index in [1.54, 1.807) is 34.9 Å². The zero-order valence-corrected chi connectivity index (χ0v) is 19.2. The van der Waals surface area contributed by atoms with E-state index in [1.807, 2.05) is 19.2 Å². The molecule has 0 atom stereocenters. The first-order chi connectivity index (χ1) is 14.8. The highest BCUT2D eigenvalue weighted by molar-refractivity contribution is 6.36. The number of hydrogen-bond acceptors (Lipinski definition) is 3. The first-order valence-corrected chi connectivity index (χ1v) is 11.2. The van der Waals surface area contributed by atoms with Gasteiger partial charge in [-0.3, -0.25) is 4.79 Å². The number of carbonyl (C=O) groups excluding carboxylic acids is 1. The van der Waals surface area contributed by atoms with E-state index in [9.17, 15) is 9.90 Å². The summed E-state index contributed by atoms with van der Waals surface area (Å²) < 4.78 is 1.77. The van der Waals surface area contributed by atoms with Crippen molar-refractivity contribution in [1.82, 2.24) is 14.9 Å². The molecule has 0 saturated heterocycles. The second kappa shape index (κ2) is 9.21. The first-order valence-electron chi connectivity index (χ1n) is 10.1. The van der Waals surface area contributed by atoms with Crippen molar-refractivity contribution in [2.45, 2.75) is 37.8 Å². The Morgan fingerprint density at radius 3 is 2.32 bits per heavy atom. The van der Waals surface area contributed by atoms with Gasteiger partial charge < -0.3 is 15.0 Å². The molecule has 1 fully saturated rings. The van der Waals surface area contributed by atoms with Crippen LogP contribution in [0, 0.1) is 0 Å². The smallest absolute Gasteiger partial charge is 0.287 e. The Hall–Kier alpha value is -2.05. The molecule has 2 N–H and O–H groups in total. The molecule has 0 bridgehead atoms. The molecule has 162 valence electrons. The van der Waals surface area contributed by atoms with E-state index in [0.29, 0.717) is 39.2 Å². The SMILES string of the molecule is Cn1c(C(=O)N[C@H]2CC[C@H](O)CC2)nc(-c2ccc(Cl)cc2Cl)c1-c1ccc(Cl)cc1. The number of imidazole rings is 1. The summed E-state index contributed by atoms with van der Waals surface area (Å²) in [6, 6.07) is 12.6. The summed E-state index contributed by atoms with van der Waals surface area (Å²) in [5.41, 5.74) is 2.90. The summed E-state index contributed by atoms with van der Waals surface area (Å²) in [4.78, 5) is 17.8. The number of nitrogens with zero attached hydrogens (tertiary/aromatic N) is 2. The van der Waals surface area contributed by atoms with Crippen molar-refractivity contribution < 1.29 is 9.90 Å². The van der Waals surface area contributed by atoms with E-state index < -0.39 is 0 Å². The number of aliphatic hydroxyl groups is 1. The van der Waals surface area contributed by atoms with Crippen molar-refractivity contribution >= 4 is 40.7 Å². The van der Waals surface area contributed by atoms with Crippen LogP contribution in [0.4, 0.5) is 0 Å². The van der Waals surface area contributed by atoms with E-state index in [2.05, 4.69) is 5.32 Å². The Kier molecular flexibility index (Phi) is 6.58. The maximum atomic E-state index is 13.1. The molecule has 3 aromatic rings. The van der Waals surface area contributed by atoms with Crippen molar-refractivity contribution in [3.63, 3.8) is 0 Å². The molecule has 2 aromatic carbocycles. The second-order valence-electron chi connectivity index (χ2n) is 7.80. The molecule has 0 radical (unpaired) electrons. The lowest BCUT2D eigenvalue weighted by atomic mass is 9.93. The summed E-state index contributed by atoms with van der Waals surface area (Å²) in [6.45, 7) is 0. The highest BCUT2D eigenvalue weighted by Gasteiger charge is 2.26. The van der Waals surface area contributed by atoms with Gasteiger partial charge in [0.25, 0.3) is 5.91 Å². The Bertz CT molecular complexity index is 1100. The number of aromatic nitrogens is 2. The van der Waals surface area contributed by atoms with Gasteiger partial charge in [0.05, 0.1) is 22.5 Å². The molecular weight excluding hydrogens is 457 g/mol. The molecule has 1 aromatic heterocycles. The third kappa shape index (κ3) is 4.75. The number of rotatable bonds is 4. The lowest BCUT2D eigenvalue weighted by Crippen LogP contribution is -2.39. The Morgan fingerprint density at radius 2 is 1.68 bits per heavy atom. The van der Waals surface area contributed by atoms with Crippen LogP contribution >= 0.6 is 34.8 Å². The quantitative estimate of drug-likeness (QED) is 0.502. The van der Waals surface area contributed by atoms with Gasteiger partial charge in [-0.05, 0) is 56.0 Å². The van der Waals surface area contributed by atoms with Crippen LogP contribution in [0.1, 0.15) is 36.3 Å². The van der Waals surface area contributed by atoms with Crippen molar-refractivity contribution in [1.29, 1.82) is 0 Å². The van der Waals surface area contributed by atoms with E-state index >= 15 is 0 Å². The van der Waals surface area contributed by atoms with Gasteiger partial charge in [0.2, 0.25) is 0 Å².